The summed E-state index contributed by atoms with van der Waals surface area (Å²) in [6.07, 6.45) is 32.7. The summed E-state index contributed by atoms with van der Waals surface area (Å²) in [6, 6.07) is 11.8. The molecule has 0 aliphatic heterocycles. The van der Waals surface area contributed by atoms with Crippen LogP contribution in [0, 0.1) is 25.5 Å². The van der Waals surface area contributed by atoms with E-state index < -0.39 is 11.6 Å². The number of thiophene rings is 2. The Morgan fingerprint density at radius 1 is 0.625 bits per heavy atom. The molecule has 0 bridgehead atoms. The molecule has 0 fully saturated rings. The van der Waals surface area contributed by atoms with Gasteiger partial charge in [0.05, 0.1) is 17.7 Å². The summed E-state index contributed by atoms with van der Waals surface area (Å²) in [5.74, 6) is -0.937. The molecule has 3 heterocycles. The van der Waals surface area contributed by atoms with Crippen LogP contribution >= 0.6 is 22.7 Å². The number of rotatable bonds is 25. The molecular weight excluding hydrogens is 737 g/mol. The van der Waals surface area contributed by atoms with Gasteiger partial charge in [0.15, 0.2) is 11.6 Å². The largest absolute Gasteiger partial charge is 0.493 e. The summed E-state index contributed by atoms with van der Waals surface area (Å²) in [7, 11) is 1.68. The molecule has 0 saturated carbocycles. The Labute approximate surface area is 343 Å². The van der Waals surface area contributed by atoms with Crippen molar-refractivity contribution < 1.29 is 13.5 Å². The minimum Gasteiger partial charge on any atom is -0.493 e. The Morgan fingerprint density at radius 3 is 1.66 bits per heavy atom. The van der Waals surface area contributed by atoms with Crippen molar-refractivity contribution in [2.24, 2.45) is 7.05 Å². The number of nitrogens with zero attached hydrogens (tertiary/aromatic N) is 3. The third-order valence-corrected chi connectivity index (χ3v) is 12.7. The normalized spacial score (nSPS) is 12.0. The van der Waals surface area contributed by atoms with Crippen LogP contribution in [0.3, 0.4) is 0 Å². The van der Waals surface area contributed by atoms with Gasteiger partial charge in [-0.1, -0.05) is 128 Å². The Balaban J connectivity index is 1.11. The summed E-state index contributed by atoms with van der Waals surface area (Å²) in [6.45, 7) is 9.06. The van der Waals surface area contributed by atoms with Gasteiger partial charge in [-0.15, -0.1) is 22.7 Å². The summed E-state index contributed by atoms with van der Waals surface area (Å²) in [5.41, 5.74) is 4.33. The minimum absolute atomic E-state index is 0.146. The molecule has 5 rings (SSSR count). The Hall–Kier alpha value is -3.62. The molecule has 0 atom stereocenters. The van der Waals surface area contributed by atoms with Crippen molar-refractivity contribution in [2.75, 3.05) is 6.61 Å². The number of aryl methyl sites for hydroxylation is 3. The van der Waals surface area contributed by atoms with Crippen molar-refractivity contribution in [1.29, 1.82) is 0 Å². The third-order valence-electron chi connectivity index (χ3n) is 10.6. The van der Waals surface area contributed by atoms with Gasteiger partial charge in [-0.25, -0.2) is 8.78 Å². The first-order valence-electron chi connectivity index (χ1n) is 21.3. The lowest BCUT2D eigenvalue weighted by Gasteiger charge is -2.13. The van der Waals surface area contributed by atoms with Gasteiger partial charge >= 0.3 is 0 Å². The van der Waals surface area contributed by atoms with E-state index in [9.17, 15) is 0 Å². The number of allylic oxidation sites excluding steroid dienone is 1. The Kier molecular flexibility index (Phi) is 17.8. The van der Waals surface area contributed by atoms with Crippen LogP contribution in [-0.2, 0) is 7.05 Å². The SMILES string of the molecule is C/C=C/c1cc(OCCCCCCCCCCCCCCCCCCCC)c(/C=C/c2ccc(-c3c(F)c(F)c(-c4ccc(C)s4)c4nn(C)nc34)s2)cc1C. The molecule has 5 aromatic rings. The second-order valence-corrected chi connectivity index (χ2v) is 17.7. The van der Waals surface area contributed by atoms with Crippen LogP contribution in [0.4, 0.5) is 8.78 Å². The van der Waals surface area contributed by atoms with Crippen LogP contribution < -0.4 is 4.74 Å². The first-order valence-corrected chi connectivity index (χ1v) is 22.9. The third kappa shape index (κ3) is 12.4. The van der Waals surface area contributed by atoms with Gasteiger partial charge in [0.2, 0.25) is 0 Å². The van der Waals surface area contributed by atoms with E-state index in [1.165, 1.54) is 142 Å². The summed E-state index contributed by atoms with van der Waals surface area (Å²) >= 11 is 2.82. The van der Waals surface area contributed by atoms with Gasteiger partial charge < -0.3 is 4.74 Å². The summed E-state index contributed by atoms with van der Waals surface area (Å²) in [4.78, 5) is 4.56. The Morgan fingerprint density at radius 2 is 1.14 bits per heavy atom. The molecule has 0 amide bonds. The number of aromatic nitrogens is 3. The van der Waals surface area contributed by atoms with Crippen LogP contribution in [0.5, 0.6) is 5.75 Å². The van der Waals surface area contributed by atoms with Crippen molar-refractivity contribution in [3.05, 3.63) is 80.6 Å². The molecule has 4 nitrogen and oxygen atoms in total. The zero-order chi connectivity index (χ0) is 39.7. The predicted octanol–water partition coefficient (Wildman–Crippen LogP) is 15.9. The number of ether oxygens (including phenoxy) is 1. The van der Waals surface area contributed by atoms with Crippen molar-refractivity contribution in [3.8, 4) is 26.6 Å². The standard InChI is InChI=1S/C48H63F2N3OS2/c1-6-8-9-10-11-12-13-14-15-16-17-18-19-20-21-22-23-24-32-54-40-34-37(25-7-2)35(3)33-38(40)27-28-39-29-31-42(56-39)44-46(50)45(49)43(41-30-26-36(4)55-41)47-48(44)52-53(5)51-47/h7,25-31,33-34H,6,8-24,32H2,1-5H3/b25-7+,28-27+. The first-order chi connectivity index (χ1) is 27.3. The molecule has 2 aromatic carbocycles. The van der Waals surface area contributed by atoms with Crippen LogP contribution in [0.1, 0.15) is 156 Å². The van der Waals surface area contributed by atoms with E-state index in [4.69, 9.17) is 4.74 Å². The molecule has 0 radical (unpaired) electrons. The van der Waals surface area contributed by atoms with E-state index >= 15 is 8.78 Å². The van der Waals surface area contributed by atoms with Gasteiger partial charge in [0.25, 0.3) is 0 Å². The maximum atomic E-state index is 15.9. The second-order valence-electron chi connectivity index (χ2n) is 15.3. The molecule has 3 aromatic heterocycles. The highest BCUT2D eigenvalue weighted by Crippen LogP contribution is 2.43. The molecule has 0 aliphatic carbocycles. The fourth-order valence-electron chi connectivity index (χ4n) is 7.46. The van der Waals surface area contributed by atoms with Crippen molar-refractivity contribution in [3.63, 3.8) is 0 Å². The highest BCUT2D eigenvalue weighted by atomic mass is 32.1. The van der Waals surface area contributed by atoms with Gasteiger partial charge in [-0.2, -0.15) is 15.0 Å². The number of hydrogen-bond donors (Lipinski definition) is 0. The average Bonchev–Trinajstić information content (AvgIpc) is 3.93. The molecule has 0 saturated heterocycles. The van der Waals surface area contributed by atoms with E-state index in [-0.39, 0.29) is 11.1 Å². The zero-order valence-electron chi connectivity index (χ0n) is 34.5. The Bertz CT molecular complexity index is 2020. The van der Waals surface area contributed by atoms with Gasteiger partial charge in [-0.05, 0) is 86.9 Å². The number of fused-ring (bicyclic) bond motifs is 1. The van der Waals surface area contributed by atoms with Gasteiger partial charge in [-0.3, -0.25) is 0 Å². The second kappa shape index (κ2) is 23.0. The number of halogens is 2. The highest BCUT2D eigenvalue weighted by molar-refractivity contribution is 7.16. The van der Waals surface area contributed by atoms with Crippen LogP contribution in [-0.4, -0.2) is 21.6 Å². The fourth-order valence-corrected chi connectivity index (χ4v) is 9.32. The molecular formula is C48H63F2N3OS2. The van der Waals surface area contributed by atoms with E-state index in [0.29, 0.717) is 27.4 Å². The van der Waals surface area contributed by atoms with E-state index in [1.807, 2.05) is 44.2 Å². The lowest BCUT2D eigenvalue weighted by molar-refractivity contribution is 0.303. The molecule has 0 spiro atoms. The smallest absolute Gasteiger partial charge is 0.170 e. The zero-order valence-corrected chi connectivity index (χ0v) is 36.2. The quantitative estimate of drug-likeness (QED) is 0.0552. The molecule has 302 valence electrons. The van der Waals surface area contributed by atoms with Crippen molar-refractivity contribution in [2.45, 2.75) is 143 Å². The van der Waals surface area contributed by atoms with Crippen LogP contribution in [0.2, 0.25) is 0 Å². The molecule has 8 heteroatoms. The summed E-state index contributed by atoms with van der Waals surface area (Å²) < 4.78 is 38.1. The predicted molar refractivity (Wildman–Crippen MR) is 239 cm³/mol. The molecule has 0 N–H and O–H groups in total. The number of benzene rings is 2. The lowest BCUT2D eigenvalue weighted by atomic mass is 10.0. The first kappa shape index (κ1) is 43.5. The van der Waals surface area contributed by atoms with E-state index in [2.05, 4.69) is 54.4 Å². The van der Waals surface area contributed by atoms with E-state index in [1.54, 1.807) is 7.05 Å². The van der Waals surface area contributed by atoms with Crippen LogP contribution in [0.15, 0.2) is 42.5 Å². The topological polar surface area (TPSA) is 39.9 Å². The fraction of sp³-hybridized carbons (Fsp3) is 0.500. The number of hydrogen-bond acceptors (Lipinski definition) is 5. The van der Waals surface area contributed by atoms with E-state index in [0.717, 1.165) is 33.1 Å². The van der Waals surface area contributed by atoms with Crippen molar-refractivity contribution >= 4 is 51.9 Å². The average molecular weight is 800 g/mol. The molecule has 56 heavy (non-hydrogen) atoms. The maximum absolute atomic E-state index is 15.9. The van der Waals surface area contributed by atoms with Crippen LogP contribution in [0.25, 0.3) is 50.1 Å². The molecule has 0 unspecified atom stereocenters. The summed E-state index contributed by atoms with van der Waals surface area (Å²) in [5, 5.41) is 8.95. The van der Waals surface area contributed by atoms with Gasteiger partial charge in [0.1, 0.15) is 16.8 Å². The minimum atomic E-state index is -0.901. The lowest BCUT2D eigenvalue weighted by Crippen LogP contribution is -2.00. The maximum Gasteiger partial charge on any atom is 0.170 e. The van der Waals surface area contributed by atoms with Crippen molar-refractivity contribution in [1.82, 2.24) is 15.0 Å². The highest BCUT2D eigenvalue weighted by Gasteiger charge is 2.27. The number of unbranched alkanes of at least 4 members (excludes halogenated alkanes) is 17. The van der Waals surface area contributed by atoms with Gasteiger partial charge in [0, 0.05) is 32.1 Å². The monoisotopic (exact) mass is 799 g/mol. The molecule has 0 aliphatic rings.